The monoisotopic (exact) mass is 211 g/mol. The summed E-state index contributed by atoms with van der Waals surface area (Å²) in [5, 5.41) is 3.48. The fourth-order valence-corrected chi connectivity index (χ4v) is 2.95. The molecule has 0 aromatic rings. The average molecular weight is 211 g/mol. The van der Waals surface area contributed by atoms with Gasteiger partial charge < -0.3 is 5.32 Å². The molecule has 90 valence electrons. The van der Waals surface area contributed by atoms with Crippen LogP contribution in [0, 0.1) is 5.92 Å². The maximum absolute atomic E-state index is 3.48. The predicted octanol–water partition coefficient (Wildman–Crippen LogP) is 4.13. The first kappa shape index (κ1) is 13.0. The first-order valence-electron chi connectivity index (χ1n) is 7.05. The summed E-state index contributed by atoms with van der Waals surface area (Å²) in [6, 6.07) is 0.834. The standard InChI is InChI=1S/C14H29N/c1-3-4-5-6-7-8-10-13-11-9-12-14(13)15-2/h13-15H,3-12H2,1-2H3. The molecule has 1 rings (SSSR count). The molecule has 0 aromatic carbocycles. The van der Waals surface area contributed by atoms with Crippen LogP contribution < -0.4 is 5.32 Å². The Morgan fingerprint density at radius 2 is 1.73 bits per heavy atom. The van der Waals surface area contributed by atoms with Crippen molar-refractivity contribution < 1.29 is 0 Å². The van der Waals surface area contributed by atoms with E-state index in [1.807, 2.05) is 0 Å². The third-order valence-corrected chi connectivity index (χ3v) is 3.96. The SMILES string of the molecule is CCCCCCCCC1CCCC1NC. The van der Waals surface area contributed by atoms with Crippen LogP contribution in [0.15, 0.2) is 0 Å². The van der Waals surface area contributed by atoms with Crippen LogP contribution in [0.2, 0.25) is 0 Å². The molecule has 0 saturated heterocycles. The highest BCUT2D eigenvalue weighted by molar-refractivity contribution is 4.81. The molecule has 2 unspecified atom stereocenters. The summed E-state index contributed by atoms with van der Waals surface area (Å²) < 4.78 is 0. The molecule has 0 aliphatic heterocycles. The lowest BCUT2D eigenvalue weighted by Gasteiger charge is -2.18. The first-order chi connectivity index (χ1) is 7.38. The molecule has 1 heteroatoms. The molecule has 15 heavy (non-hydrogen) atoms. The summed E-state index contributed by atoms with van der Waals surface area (Å²) in [7, 11) is 2.13. The Bertz CT molecular complexity index is 144. The van der Waals surface area contributed by atoms with E-state index >= 15 is 0 Å². The van der Waals surface area contributed by atoms with Crippen LogP contribution in [0.4, 0.5) is 0 Å². The van der Waals surface area contributed by atoms with Crippen molar-refractivity contribution in [3.05, 3.63) is 0 Å². The summed E-state index contributed by atoms with van der Waals surface area (Å²) in [6.07, 6.45) is 14.5. The van der Waals surface area contributed by atoms with Gasteiger partial charge in [-0.15, -0.1) is 0 Å². The maximum atomic E-state index is 3.48. The van der Waals surface area contributed by atoms with Gasteiger partial charge in [0.05, 0.1) is 0 Å². The number of unbranched alkanes of at least 4 members (excludes halogenated alkanes) is 5. The Balaban J connectivity index is 1.95. The lowest BCUT2D eigenvalue weighted by atomic mass is 9.96. The van der Waals surface area contributed by atoms with Crippen LogP contribution in [-0.2, 0) is 0 Å². The van der Waals surface area contributed by atoms with E-state index in [-0.39, 0.29) is 0 Å². The second-order valence-corrected chi connectivity index (χ2v) is 5.14. The molecule has 1 N–H and O–H groups in total. The highest BCUT2D eigenvalue weighted by atomic mass is 14.9. The lowest BCUT2D eigenvalue weighted by Crippen LogP contribution is -2.28. The van der Waals surface area contributed by atoms with Crippen molar-refractivity contribution in [3.63, 3.8) is 0 Å². The summed E-state index contributed by atoms with van der Waals surface area (Å²) in [5.74, 6) is 0.987. The zero-order valence-corrected chi connectivity index (χ0v) is 10.7. The summed E-state index contributed by atoms with van der Waals surface area (Å²) in [5.41, 5.74) is 0. The van der Waals surface area contributed by atoms with E-state index in [1.54, 1.807) is 0 Å². The van der Waals surface area contributed by atoms with E-state index in [9.17, 15) is 0 Å². The highest BCUT2D eigenvalue weighted by Gasteiger charge is 2.24. The molecule has 0 radical (unpaired) electrons. The fraction of sp³-hybridized carbons (Fsp3) is 1.00. The summed E-state index contributed by atoms with van der Waals surface area (Å²) in [4.78, 5) is 0. The summed E-state index contributed by atoms with van der Waals surface area (Å²) >= 11 is 0. The van der Waals surface area contributed by atoms with Gasteiger partial charge in [-0.3, -0.25) is 0 Å². The van der Waals surface area contributed by atoms with Crippen LogP contribution in [0.3, 0.4) is 0 Å². The molecule has 0 spiro atoms. The van der Waals surface area contributed by atoms with Gasteiger partial charge in [-0.05, 0) is 32.2 Å². The Morgan fingerprint density at radius 3 is 2.47 bits per heavy atom. The molecule has 1 saturated carbocycles. The number of hydrogen-bond acceptors (Lipinski definition) is 1. The van der Waals surface area contributed by atoms with Crippen molar-refractivity contribution in [2.45, 2.75) is 77.2 Å². The van der Waals surface area contributed by atoms with E-state index in [2.05, 4.69) is 19.3 Å². The predicted molar refractivity (Wildman–Crippen MR) is 68.2 cm³/mol. The van der Waals surface area contributed by atoms with Gasteiger partial charge in [0.25, 0.3) is 0 Å². The van der Waals surface area contributed by atoms with E-state index in [0.717, 1.165) is 12.0 Å². The normalized spacial score (nSPS) is 26.0. The Hall–Kier alpha value is -0.0400. The molecule has 0 aromatic heterocycles. The minimum Gasteiger partial charge on any atom is -0.317 e. The molecule has 1 aliphatic carbocycles. The molecule has 2 atom stereocenters. The quantitative estimate of drug-likeness (QED) is 0.595. The Kier molecular flexibility index (Phi) is 7.08. The minimum atomic E-state index is 0.834. The van der Waals surface area contributed by atoms with Crippen LogP contribution >= 0.6 is 0 Å². The third-order valence-electron chi connectivity index (χ3n) is 3.96. The van der Waals surface area contributed by atoms with Crippen LogP contribution in [0.1, 0.15) is 71.1 Å². The van der Waals surface area contributed by atoms with Crippen molar-refractivity contribution in [2.75, 3.05) is 7.05 Å². The van der Waals surface area contributed by atoms with Gasteiger partial charge >= 0.3 is 0 Å². The Morgan fingerprint density at radius 1 is 1.00 bits per heavy atom. The molecule has 0 amide bonds. The number of hydrogen-bond donors (Lipinski definition) is 1. The average Bonchev–Trinajstić information content (AvgIpc) is 2.70. The van der Waals surface area contributed by atoms with Crippen molar-refractivity contribution in [2.24, 2.45) is 5.92 Å². The molecule has 0 heterocycles. The molecule has 0 bridgehead atoms. The lowest BCUT2D eigenvalue weighted by molar-refractivity contribution is 0.383. The van der Waals surface area contributed by atoms with Gasteiger partial charge in [-0.1, -0.05) is 51.9 Å². The molecular formula is C14H29N. The van der Waals surface area contributed by atoms with Crippen LogP contribution in [-0.4, -0.2) is 13.1 Å². The van der Waals surface area contributed by atoms with Crippen molar-refractivity contribution in [3.8, 4) is 0 Å². The molecule has 1 nitrogen and oxygen atoms in total. The second-order valence-electron chi connectivity index (χ2n) is 5.14. The van der Waals surface area contributed by atoms with Crippen LogP contribution in [0.25, 0.3) is 0 Å². The number of nitrogens with one attached hydrogen (secondary N) is 1. The smallest absolute Gasteiger partial charge is 0.00923 e. The molecular weight excluding hydrogens is 182 g/mol. The largest absolute Gasteiger partial charge is 0.317 e. The van der Waals surface area contributed by atoms with Gasteiger partial charge in [0.15, 0.2) is 0 Å². The van der Waals surface area contributed by atoms with Gasteiger partial charge in [-0.25, -0.2) is 0 Å². The highest BCUT2D eigenvalue weighted by Crippen LogP contribution is 2.29. The van der Waals surface area contributed by atoms with E-state index in [0.29, 0.717) is 0 Å². The third kappa shape index (κ3) is 5.01. The number of rotatable bonds is 8. The molecule has 1 fully saturated rings. The molecule has 1 aliphatic rings. The van der Waals surface area contributed by atoms with E-state index < -0.39 is 0 Å². The van der Waals surface area contributed by atoms with Crippen molar-refractivity contribution >= 4 is 0 Å². The van der Waals surface area contributed by atoms with Gasteiger partial charge in [0.1, 0.15) is 0 Å². The minimum absolute atomic E-state index is 0.834. The van der Waals surface area contributed by atoms with E-state index in [4.69, 9.17) is 0 Å². The van der Waals surface area contributed by atoms with Crippen LogP contribution in [0.5, 0.6) is 0 Å². The topological polar surface area (TPSA) is 12.0 Å². The Labute approximate surface area is 96.0 Å². The maximum Gasteiger partial charge on any atom is 0.00923 e. The zero-order chi connectivity index (χ0) is 10.9. The van der Waals surface area contributed by atoms with Crippen molar-refractivity contribution in [1.82, 2.24) is 5.32 Å². The van der Waals surface area contributed by atoms with Gasteiger partial charge in [0.2, 0.25) is 0 Å². The van der Waals surface area contributed by atoms with Gasteiger partial charge in [0, 0.05) is 6.04 Å². The zero-order valence-electron chi connectivity index (χ0n) is 10.7. The second kappa shape index (κ2) is 8.15. The summed E-state index contributed by atoms with van der Waals surface area (Å²) in [6.45, 7) is 2.29. The fourth-order valence-electron chi connectivity index (χ4n) is 2.95. The van der Waals surface area contributed by atoms with Crippen molar-refractivity contribution in [1.29, 1.82) is 0 Å². The first-order valence-corrected chi connectivity index (χ1v) is 7.05. The van der Waals surface area contributed by atoms with Gasteiger partial charge in [-0.2, -0.15) is 0 Å². The van der Waals surface area contributed by atoms with E-state index in [1.165, 1.54) is 64.2 Å².